The van der Waals surface area contributed by atoms with Crippen molar-refractivity contribution in [2.45, 2.75) is 20.8 Å². The Morgan fingerprint density at radius 2 is 2.05 bits per heavy atom. The van der Waals surface area contributed by atoms with E-state index in [4.69, 9.17) is 0 Å². The molecule has 19 heavy (non-hydrogen) atoms. The molecule has 0 atom stereocenters. The molecule has 2 heterocycles. The van der Waals surface area contributed by atoms with Gasteiger partial charge in [0.1, 0.15) is 0 Å². The molecule has 6 heteroatoms. The fourth-order valence-corrected chi connectivity index (χ4v) is 2.45. The number of aryl methyl sites for hydroxylation is 3. The van der Waals surface area contributed by atoms with Crippen molar-refractivity contribution in [2.75, 3.05) is 17.7 Å². The Hall–Kier alpha value is -1.95. The number of rotatable bonds is 3. The van der Waals surface area contributed by atoms with E-state index in [1.165, 1.54) is 11.3 Å². The predicted octanol–water partition coefficient (Wildman–Crippen LogP) is 2.76. The molecule has 0 saturated heterocycles. The second-order valence-corrected chi connectivity index (χ2v) is 5.44. The van der Waals surface area contributed by atoms with Gasteiger partial charge < -0.3 is 5.32 Å². The molecule has 5 nitrogen and oxygen atoms in total. The third-order valence-corrected chi connectivity index (χ3v) is 3.79. The number of carbonyl (C=O) groups excluding carboxylic acids is 1. The van der Waals surface area contributed by atoms with E-state index in [-0.39, 0.29) is 5.91 Å². The number of hydrogen-bond donors (Lipinski definition) is 2. The summed E-state index contributed by atoms with van der Waals surface area (Å²) in [4.78, 5) is 21.8. The highest BCUT2D eigenvalue weighted by atomic mass is 32.1. The maximum atomic E-state index is 12.2. The Kier molecular flexibility index (Phi) is 3.80. The van der Waals surface area contributed by atoms with Gasteiger partial charge in [0.15, 0.2) is 5.13 Å². The molecule has 0 aromatic carbocycles. The Morgan fingerprint density at radius 3 is 2.63 bits per heavy atom. The molecule has 100 valence electrons. The van der Waals surface area contributed by atoms with Crippen LogP contribution in [0.1, 0.15) is 26.6 Å². The van der Waals surface area contributed by atoms with Crippen molar-refractivity contribution < 1.29 is 4.79 Å². The van der Waals surface area contributed by atoms with Crippen LogP contribution in [-0.4, -0.2) is 22.9 Å². The number of pyridine rings is 1. The molecule has 1 amide bonds. The van der Waals surface area contributed by atoms with E-state index in [9.17, 15) is 4.79 Å². The predicted molar refractivity (Wildman–Crippen MR) is 78.1 cm³/mol. The highest BCUT2D eigenvalue weighted by Crippen LogP contribution is 2.23. The summed E-state index contributed by atoms with van der Waals surface area (Å²) in [6.07, 6.45) is 1.57. The van der Waals surface area contributed by atoms with E-state index < -0.39 is 0 Å². The fraction of sp³-hybridized carbons (Fsp3) is 0.308. The van der Waals surface area contributed by atoms with Gasteiger partial charge in [-0.25, -0.2) is 4.98 Å². The van der Waals surface area contributed by atoms with Crippen molar-refractivity contribution in [1.29, 1.82) is 0 Å². The third-order valence-electron chi connectivity index (χ3n) is 2.80. The van der Waals surface area contributed by atoms with Crippen LogP contribution in [-0.2, 0) is 0 Å². The molecular formula is C13H16N4OS. The summed E-state index contributed by atoms with van der Waals surface area (Å²) in [5.41, 5.74) is 3.08. The van der Waals surface area contributed by atoms with Crippen LogP contribution in [0, 0.1) is 20.8 Å². The highest BCUT2D eigenvalue weighted by Gasteiger charge is 2.14. The Labute approximate surface area is 116 Å². The van der Waals surface area contributed by atoms with Crippen LogP contribution in [0.25, 0.3) is 0 Å². The SMILES string of the molecule is CNc1cc(C)ncc1C(=O)Nc1nc(C)c(C)s1. The van der Waals surface area contributed by atoms with Gasteiger partial charge >= 0.3 is 0 Å². The summed E-state index contributed by atoms with van der Waals surface area (Å²) in [5, 5.41) is 6.42. The maximum absolute atomic E-state index is 12.2. The largest absolute Gasteiger partial charge is 0.387 e. The molecule has 0 fully saturated rings. The van der Waals surface area contributed by atoms with Crippen molar-refractivity contribution in [3.05, 3.63) is 34.1 Å². The molecule has 2 rings (SSSR count). The maximum Gasteiger partial charge on any atom is 0.261 e. The fourth-order valence-electron chi connectivity index (χ4n) is 1.64. The monoisotopic (exact) mass is 276 g/mol. The normalized spacial score (nSPS) is 10.3. The van der Waals surface area contributed by atoms with Crippen LogP contribution in [0.3, 0.4) is 0 Å². The molecule has 0 spiro atoms. The molecule has 0 aliphatic carbocycles. The minimum Gasteiger partial charge on any atom is -0.387 e. The summed E-state index contributed by atoms with van der Waals surface area (Å²) in [6.45, 7) is 5.79. The highest BCUT2D eigenvalue weighted by molar-refractivity contribution is 7.15. The second kappa shape index (κ2) is 5.36. The number of carbonyl (C=O) groups is 1. The van der Waals surface area contributed by atoms with Crippen molar-refractivity contribution >= 4 is 28.1 Å². The summed E-state index contributed by atoms with van der Waals surface area (Å²) < 4.78 is 0. The van der Waals surface area contributed by atoms with Gasteiger partial charge in [0.2, 0.25) is 0 Å². The number of amides is 1. The van der Waals surface area contributed by atoms with Crippen LogP contribution in [0.15, 0.2) is 12.3 Å². The lowest BCUT2D eigenvalue weighted by Crippen LogP contribution is -2.14. The zero-order valence-corrected chi connectivity index (χ0v) is 12.2. The summed E-state index contributed by atoms with van der Waals surface area (Å²) >= 11 is 1.47. The molecule has 0 saturated carbocycles. The van der Waals surface area contributed by atoms with Gasteiger partial charge in [-0.1, -0.05) is 0 Å². The first kappa shape index (κ1) is 13.5. The molecule has 0 unspecified atom stereocenters. The zero-order valence-electron chi connectivity index (χ0n) is 11.4. The molecule has 0 aliphatic rings. The molecular weight excluding hydrogens is 260 g/mol. The molecule has 0 radical (unpaired) electrons. The van der Waals surface area contributed by atoms with Crippen molar-refractivity contribution in [3.8, 4) is 0 Å². The lowest BCUT2D eigenvalue weighted by atomic mass is 10.2. The van der Waals surface area contributed by atoms with Gasteiger partial charge in [-0.2, -0.15) is 0 Å². The summed E-state index contributed by atoms with van der Waals surface area (Å²) in [6, 6.07) is 1.84. The first-order chi connectivity index (χ1) is 9.01. The van der Waals surface area contributed by atoms with E-state index >= 15 is 0 Å². The van der Waals surface area contributed by atoms with Gasteiger partial charge in [0, 0.05) is 23.8 Å². The van der Waals surface area contributed by atoms with E-state index in [0.29, 0.717) is 10.7 Å². The quantitative estimate of drug-likeness (QED) is 0.904. The van der Waals surface area contributed by atoms with Gasteiger partial charge in [0.05, 0.1) is 16.9 Å². The van der Waals surface area contributed by atoms with Crippen molar-refractivity contribution in [2.24, 2.45) is 0 Å². The van der Waals surface area contributed by atoms with Crippen LogP contribution < -0.4 is 10.6 Å². The minimum absolute atomic E-state index is 0.203. The summed E-state index contributed by atoms with van der Waals surface area (Å²) in [7, 11) is 1.78. The number of anilines is 2. The van der Waals surface area contributed by atoms with Gasteiger partial charge in [-0.15, -0.1) is 11.3 Å². The van der Waals surface area contributed by atoms with Crippen LogP contribution >= 0.6 is 11.3 Å². The number of thiazole rings is 1. The van der Waals surface area contributed by atoms with Crippen LogP contribution in [0.4, 0.5) is 10.8 Å². The number of nitrogens with one attached hydrogen (secondary N) is 2. The number of hydrogen-bond acceptors (Lipinski definition) is 5. The van der Waals surface area contributed by atoms with Gasteiger partial charge in [0.25, 0.3) is 5.91 Å². The third kappa shape index (κ3) is 2.90. The van der Waals surface area contributed by atoms with Gasteiger partial charge in [-0.3, -0.25) is 15.1 Å². The number of nitrogens with zero attached hydrogens (tertiary/aromatic N) is 2. The number of aromatic nitrogens is 2. The van der Waals surface area contributed by atoms with Crippen molar-refractivity contribution in [3.63, 3.8) is 0 Å². The molecule has 0 aliphatic heterocycles. The summed E-state index contributed by atoms with van der Waals surface area (Å²) in [5.74, 6) is -0.203. The lowest BCUT2D eigenvalue weighted by Gasteiger charge is -2.08. The first-order valence-electron chi connectivity index (χ1n) is 5.91. The molecule has 0 bridgehead atoms. The van der Waals surface area contributed by atoms with E-state index in [1.807, 2.05) is 26.8 Å². The second-order valence-electron chi connectivity index (χ2n) is 4.24. The molecule has 2 aromatic rings. The zero-order chi connectivity index (χ0) is 14.0. The average molecular weight is 276 g/mol. The average Bonchev–Trinajstić information content (AvgIpc) is 2.67. The smallest absolute Gasteiger partial charge is 0.261 e. The minimum atomic E-state index is -0.203. The van der Waals surface area contributed by atoms with E-state index in [2.05, 4.69) is 20.6 Å². The topological polar surface area (TPSA) is 66.9 Å². The van der Waals surface area contributed by atoms with E-state index in [0.717, 1.165) is 22.0 Å². The van der Waals surface area contributed by atoms with Crippen LogP contribution in [0.5, 0.6) is 0 Å². The van der Waals surface area contributed by atoms with Crippen molar-refractivity contribution in [1.82, 2.24) is 9.97 Å². The molecule has 2 aromatic heterocycles. The Morgan fingerprint density at radius 1 is 1.32 bits per heavy atom. The van der Waals surface area contributed by atoms with Crippen LogP contribution in [0.2, 0.25) is 0 Å². The lowest BCUT2D eigenvalue weighted by molar-refractivity contribution is 0.102. The Balaban J connectivity index is 2.24. The first-order valence-corrected chi connectivity index (χ1v) is 6.72. The van der Waals surface area contributed by atoms with E-state index in [1.54, 1.807) is 13.2 Å². The molecule has 2 N–H and O–H groups in total. The van der Waals surface area contributed by atoms with Gasteiger partial charge in [-0.05, 0) is 26.8 Å². The Bertz CT molecular complexity index is 602. The standard InChI is InChI=1S/C13H16N4OS/c1-7-5-11(14-4)10(6-15-7)12(18)17-13-16-8(2)9(3)19-13/h5-6H,1-4H3,(H,14,15)(H,16,17,18).